The number of aryl methyl sites for hydroxylation is 2. The molecule has 3 fully saturated rings. The van der Waals surface area contributed by atoms with Crippen LogP contribution in [0.1, 0.15) is 90.6 Å². The first-order valence-corrected chi connectivity index (χ1v) is 14.1. The molecule has 0 aromatic heterocycles. The van der Waals surface area contributed by atoms with E-state index >= 15 is 0 Å². The lowest BCUT2D eigenvalue weighted by atomic mass is 9.78. The van der Waals surface area contributed by atoms with Gasteiger partial charge in [0.2, 0.25) is 0 Å². The van der Waals surface area contributed by atoms with Crippen molar-refractivity contribution in [2.24, 2.45) is 23.7 Å². The van der Waals surface area contributed by atoms with E-state index in [0.29, 0.717) is 17.5 Å². The predicted molar refractivity (Wildman–Crippen MR) is 141 cm³/mol. The smallest absolute Gasteiger partial charge is 0.338 e. The zero-order valence-electron chi connectivity index (χ0n) is 22.0. The third kappa shape index (κ3) is 5.23. The molecule has 0 radical (unpaired) electrons. The van der Waals surface area contributed by atoms with E-state index in [4.69, 9.17) is 9.47 Å². The van der Waals surface area contributed by atoms with Gasteiger partial charge >= 0.3 is 11.9 Å². The zero-order chi connectivity index (χ0) is 25.9. The standard InChI is InChI=1S/C32H38O5/c1-3-5-7-20-9-13-22(14-10-20)31(34)36-29-25-19-26(28-24(25)17-18-27(28)33)30(29)37-32(35)23-15-11-21(12-16-23)8-6-4-2/h9-16,24-26,28-30H,3-8,17-19H2,1-2H3. The molecular weight excluding hydrogens is 464 g/mol. The minimum atomic E-state index is -0.589. The van der Waals surface area contributed by atoms with E-state index in [2.05, 4.69) is 13.8 Å². The maximum Gasteiger partial charge on any atom is 0.338 e. The summed E-state index contributed by atoms with van der Waals surface area (Å²) in [5.74, 6) is -0.405. The minimum absolute atomic E-state index is 0.0587. The molecule has 5 rings (SSSR count). The van der Waals surface area contributed by atoms with Crippen LogP contribution < -0.4 is 0 Å². The Balaban J connectivity index is 1.31. The number of hydrogen-bond donors (Lipinski definition) is 0. The second-order valence-electron chi connectivity index (χ2n) is 11.1. The number of rotatable bonds is 10. The molecule has 6 unspecified atom stereocenters. The number of fused-ring (bicyclic) bond motifs is 5. The lowest BCUT2D eigenvalue weighted by molar-refractivity contribution is -0.127. The van der Waals surface area contributed by atoms with Gasteiger partial charge in [0.15, 0.2) is 0 Å². The summed E-state index contributed by atoms with van der Waals surface area (Å²) in [6.07, 6.45) is 7.53. The van der Waals surface area contributed by atoms with Crippen LogP contribution in [-0.2, 0) is 27.1 Å². The number of ether oxygens (including phenoxy) is 2. The van der Waals surface area contributed by atoms with Crippen LogP contribution in [0.4, 0.5) is 0 Å². The number of esters is 2. The summed E-state index contributed by atoms with van der Waals surface area (Å²) >= 11 is 0. The van der Waals surface area contributed by atoms with Gasteiger partial charge < -0.3 is 9.47 Å². The van der Waals surface area contributed by atoms with Crippen molar-refractivity contribution >= 4 is 17.7 Å². The van der Waals surface area contributed by atoms with Gasteiger partial charge in [0.05, 0.1) is 11.1 Å². The third-order valence-electron chi connectivity index (χ3n) is 8.78. The number of benzene rings is 2. The number of hydrogen-bond acceptors (Lipinski definition) is 5. The van der Waals surface area contributed by atoms with Crippen LogP contribution >= 0.6 is 0 Å². The molecule has 3 aliphatic carbocycles. The molecule has 5 heteroatoms. The van der Waals surface area contributed by atoms with E-state index in [-0.39, 0.29) is 35.4 Å². The third-order valence-corrected chi connectivity index (χ3v) is 8.78. The van der Waals surface area contributed by atoms with E-state index < -0.39 is 18.2 Å². The fraction of sp³-hybridized carbons (Fsp3) is 0.531. The Morgan fingerprint density at radius 3 is 1.70 bits per heavy atom. The van der Waals surface area contributed by atoms with Gasteiger partial charge in [-0.25, -0.2) is 9.59 Å². The summed E-state index contributed by atoms with van der Waals surface area (Å²) in [5, 5.41) is 0. The van der Waals surface area contributed by atoms with Crippen LogP contribution in [0.3, 0.4) is 0 Å². The Morgan fingerprint density at radius 1 is 0.730 bits per heavy atom. The highest BCUT2D eigenvalue weighted by atomic mass is 16.6. The van der Waals surface area contributed by atoms with Crippen molar-refractivity contribution in [1.29, 1.82) is 0 Å². The Kier molecular flexibility index (Phi) is 7.78. The lowest BCUT2D eigenvalue weighted by Gasteiger charge is -2.36. The molecule has 2 aromatic carbocycles. The van der Waals surface area contributed by atoms with Crippen molar-refractivity contribution in [3.63, 3.8) is 0 Å². The molecule has 2 aromatic rings. The highest BCUT2D eigenvalue weighted by molar-refractivity contribution is 5.91. The van der Waals surface area contributed by atoms with Crippen molar-refractivity contribution in [3.05, 3.63) is 70.8 Å². The van der Waals surface area contributed by atoms with E-state index in [0.717, 1.165) is 51.4 Å². The van der Waals surface area contributed by atoms with Crippen molar-refractivity contribution in [2.45, 2.75) is 83.8 Å². The van der Waals surface area contributed by atoms with E-state index in [9.17, 15) is 14.4 Å². The van der Waals surface area contributed by atoms with Gasteiger partial charge in [-0.2, -0.15) is 0 Å². The summed E-state index contributed by atoms with van der Waals surface area (Å²) in [6.45, 7) is 4.32. The molecule has 0 N–H and O–H groups in total. The van der Waals surface area contributed by atoms with Crippen molar-refractivity contribution in [1.82, 2.24) is 0 Å². The number of ketones is 1. The maximum absolute atomic E-state index is 13.2. The predicted octanol–water partition coefficient (Wildman–Crippen LogP) is 6.37. The van der Waals surface area contributed by atoms with Crippen LogP contribution in [0.2, 0.25) is 0 Å². The molecule has 0 amide bonds. The van der Waals surface area contributed by atoms with Crippen molar-refractivity contribution in [3.8, 4) is 0 Å². The van der Waals surface area contributed by atoms with Gasteiger partial charge in [-0.1, -0.05) is 51.0 Å². The molecule has 3 saturated carbocycles. The molecule has 0 aliphatic heterocycles. The highest BCUT2D eigenvalue weighted by Gasteiger charge is 2.64. The molecule has 196 valence electrons. The molecule has 5 nitrogen and oxygen atoms in total. The Labute approximate surface area is 219 Å². The first-order valence-electron chi connectivity index (χ1n) is 14.1. The number of Topliss-reactive ketones (excluding diaryl/α,β-unsaturated/α-hetero) is 1. The average Bonchev–Trinajstić information content (AvgIpc) is 3.59. The zero-order valence-corrected chi connectivity index (χ0v) is 22.0. The van der Waals surface area contributed by atoms with Crippen LogP contribution in [0.5, 0.6) is 0 Å². The number of carbonyl (C=O) groups excluding carboxylic acids is 3. The first-order chi connectivity index (χ1) is 18.0. The van der Waals surface area contributed by atoms with E-state index in [1.807, 2.05) is 48.5 Å². The average molecular weight is 503 g/mol. The van der Waals surface area contributed by atoms with Gasteiger partial charge in [0.25, 0.3) is 0 Å². The van der Waals surface area contributed by atoms with Crippen molar-refractivity contribution < 1.29 is 23.9 Å². The molecule has 3 aliphatic rings. The second-order valence-corrected chi connectivity index (χ2v) is 11.1. The van der Waals surface area contributed by atoms with Gasteiger partial charge in [-0.3, -0.25) is 4.79 Å². The number of carbonyl (C=O) groups is 3. The van der Waals surface area contributed by atoms with Gasteiger partial charge in [0.1, 0.15) is 18.0 Å². The minimum Gasteiger partial charge on any atom is -0.455 e. The maximum atomic E-state index is 13.2. The topological polar surface area (TPSA) is 69.7 Å². The first kappa shape index (κ1) is 25.7. The summed E-state index contributed by atoms with van der Waals surface area (Å²) in [7, 11) is 0. The summed E-state index contributed by atoms with van der Waals surface area (Å²) in [5.41, 5.74) is 3.41. The molecular formula is C32H38O5. The normalized spacial score (nSPS) is 27.8. The SMILES string of the molecule is CCCCc1ccc(C(=O)OC2C3CC(C2OC(=O)c2ccc(CCCC)cc2)C2C(=O)CCC32)cc1. The fourth-order valence-corrected chi connectivity index (χ4v) is 6.84. The van der Waals surface area contributed by atoms with Crippen LogP contribution in [0, 0.1) is 23.7 Å². The fourth-order valence-electron chi connectivity index (χ4n) is 6.84. The largest absolute Gasteiger partial charge is 0.455 e. The number of unbranched alkanes of at least 4 members (excludes halogenated alkanes) is 2. The second kappa shape index (κ2) is 11.2. The van der Waals surface area contributed by atoms with Gasteiger partial charge in [-0.15, -0.1) is 0 Å². The quantitative estimate of drug-likeness (QED) is 0.353. The molecule has 0 saturated heterocycles. The molecule has 0 spiro atoms. The Bertz CT molecular complexity index is 1120. The summed E-state index contributed by atoms with van der Waals surface area (Å²) < 4.78 is 12.1. The van der Waals surface area contributed by atoms with Gasteiger partial charge in [0, 0.05) is 24.2 Å². The van der Waals surface area contributed by atoms with Gasteiger partial charge in [-0.05, 0) is 79.8 Å². The highest BCUT2D eigenvalue weighted by Crippen LogP contribution is 2.59. The molecule has 37 heavy (non-hydrogen) atoms. The van der Waals surface area contributed by atoms with Crippen LogP contribution in [0.15, 0.2) is 48.5 Å². The van der Waals surface area contributed by atoms with Crippen LogP contribution in [-0.4, -0.2) is 29.9 Å². The lowest BCUT2D eigenvalue weighted by Crippen LogP contribution is -2.46. The summed E-state index contributed by atoms with van der Waals surface area (Å²) in [6, 6.07) is 15.2. The molecule has 6 atom stereocenters. The van der Waals surface area contributed by atoms with Crippen molar-refractivity contribution in [2.75, 3.05) is 0 Å². The van der Waals surface area contributed by atoms with Crippen LogP contribution in [0.25, 0.3) is 0 Å². The Morgan fingerprint density at radius 2 is 1.22 bits per heavy atom. The summed E-state index contributed by atoms with van der Waals surface area (Å²) in [4.78, 5) is 39.0. The molecule has 2 bridgehead atoms. The monoisotopic (exact) mass is 502 g/mol. The van der Waals surface area contributed by atoms with E-state index in [1.165, 1.54) is 11.1 Å². The van der Waals surface area contributed by atoms with E-state index in [1.54, 1.807) is 0 Å². The molecule has 0 heterocycles. The Hall–Kier alpha value is -2.95.